The van der Waals surface area contributed by atoms with E-state index in [0.717, 1.165) is 83.6 Å². The number of aryl methyl sites for hydroxylation is 1. The normalized spacial score (nSPS) is 12.4. The fraction of sp³-hybridized carbons (Fsp3) is 0.0784. The van der Waals surface area contributed by atoms with Gasteiger partial charge in [-0.1, -0.05) is 173 Å². The second-order valence-electron chi connectivity index (χ2n) is 12.5. The standard InChI is InChI=1S/C51H46/c1-10-21-38(22-11-2)46-33-34-49(41(13-4)40(46)12-3)51-43(15-6)42(14-5)50(47-27-20-28-48(47)51)39-31-29-37(30-32-39)24-17-19-25-44(35(7)8)45-26-18-16-23-36(45)9/h10-18,20-26,28-34H,1,3-7,19H2,2,8-9H3/b22-11-,24-17?,38-21+,44-25+. The van der Waals surface area contributed by atoms with Crippen LogP contribution in [0.5, 0.6) is 0 Å². The Morgan fingerprint density at radius 2 is 1.45 bits per heavy atom. The molecule has 0 heterocycles. The van der Waals surface area contributed by atoms with Gasteiger partial charge in [0.15, 0.2) is 0 Å². The lowest BCUT2D eigenvalue weighted by atomic mass is 9.82. The van der Waals surface area contributed by atoms with Crippen molar-refractivity contribution in [1.29, 1.82) is 0 Å². The fourth-order valence-corrected chi connectivity index (χ4v) is 6.98. The van der Waals surface area contributed by atoms with Gasteiger partial charge in [-0.2, -0.15) is 0 Å². The smallest absolute Gasteiger partial charge is 0.0328 e. The molecule has 5 rings (SSSR count). The molecule has 0 aromatic heterocycles. The van der Waals surface area contributed by atoms with Gasteiger partial charge in [0.2, 0.25) is 0 Å². The van der Waals surface area contributed by atoms with Crippen LogP contribution in [0.4, 0.5) is 0 Å². The minimum absolute atomic E-state index is 0.814. The SMILES string of the molecule is C=C/C=C(\C=C/C)c1ccc(-c2c(C=C)c(C=C)c(-c3ccc(C=CC/C=C(\C(=C)C)c4ccccc4C)cc3)c3c2=CC=C=3)c(C=C)c1C=C. The van der Waals surface area contributed by atoms with Crippen molar-refractivity contribution in [1.82, 2.24) is 0 Å². The second kappa shape index (κ2) is 16.5. The first kappa shape index (κ1) is 36.1. The van der Waals surface area contributed by atoms with Crippen LogP contribution in [-0.2, 0) is 0 Å². The Kier molecular flexibility index (Phi) is 11.7. The molecule has 0 unspecified atom stereocenters. The van der Waals surface area contributed by atoms with E-state index in [1.54, 1.807) is 0 Å². The summed E-state index contributed by atoms with van der Waals surface area (Å²) in [5.74, 6) is 0. The Labute approximate surface area is 304 Å². The van der Waals surface area contributed by atoms with Gasteiger partial charge in [-0.3, -0.25) is 0 Å². The van der Waals surface area contributed by atoms with Gasteiger partial charge in [0.05, 0.1) is 0 Å². The maximum atomic E-state index is 4.29. The van der Waals surface area contributed by atoms with Crippen molar-refractivity contribution in [2.45, 2.75) is 27.2 Å². The monoisotopic (exact) mass is 658 g/mol. The zero-order valence-electron chi connectivity index (χ0n) is 30.2. The molecular formula is C51H46. The van der Waals surface area contributed by atoms with Gasteiger partial charge in [0.1, 0.15) is 0 Å². The van der Waals surface area contributed by atoms with E-state index in [-0.39, 0.29) is 0 Å². The van der Waals surface area contributed by atoms with Gasteiger partial charge in [-0.15, -0.1) is 5.73 Å². The molecule has 0 fully saturated rings. The summed E-state index contributed by atoms with van der Waals surface area (Å²) in [6, 6.07) is 21.5. The predicted molar refractivity (Wildman–Crippen MR) is 230 cm³/mol. The molecule has 0 saturated carbocycles. The van der Waals surface area contributed by atoms with E-state index >= 15 is 0 Å². The molecule has 0 saturated heterocycles. The van der Waals surface area contributed by atoms with Crippen LogP contribution in [0.2, 0.25) is 0 Å². The number of hydrogen-bond acceptors (Lipinski definition) is 0. The van der Waals surface area contributed by atoms with Crippen LogP contribution in [-0.4, -0.2) is 0 Å². The zero-order valence-corrected chi connectivity index (χ0v) is 30.2. The van der Waals surface area contributed by atoms with Crippen LogP contribution in [0, 0.1) is 6.92 Å². The Hall–Kier alpha value is -6.20. The first-order valence-corrected chi connectivity index (χ1v) is 17.3. The van der Waals surface area contributed by atoms with Crippen LogP contribution in [0.15, 0.2) is 148 Å². The van der Waals surface area contributed by atoms with E-state index in [1.165, 1.54) is 16.7 Å². The molecular weight excluding hydrogens is 613 g/mol. The molecule has 1 aliphatic carbocycles. The summed E-state index contributed by atoms with van der Waals surface area (Å²) in [4.78, 5) is 0. The molecule has 0 N–H and O–H groups in total. The molecule has 0 aliphatic heterocycles. The molecule has 1 aliphatic rings. The number of fused-ring (bicyclic) bond motifs is 1. The van der Waals surface area contributed by atoms with Crippen molar-refractivity contribution in [3.63, 3.8) is 0 Å². The van der Waals surface area contributed by atoms with Crippen molar-refractivity contribution in [3.8, 4) is 22.3 Å². The molecule has 4 aromatic rings. The average Bonchev–Trinajstić information content (AvgIpc) is 3.63. The lowest BCUT2D eigenvalue weighted by Crippen LogP contribution is -2.29. The van der Waals surface area contributed by atoms with Gasteiger partial charge in [0, 0.05) is 10.8 Å². The lowest BCUT2D eigenvalue weighted by molar-refractivity contribution is 1.35. The largest absolute Gasteiger partial charge is 0.112 e. The van der Waals surface area contributed by atoms with E-state index in [1.807, 2.05) is 55.5 Å². The third kappa shape index (κ3) is 7.24. The molecule has 0 nitrogen and oxygen atoms in total. The first-order valence-electron chi connectivity index (χ1n) is 17.3. The highest BCUT2D eigenvalue weighted by atomic mass is 14.2. The zero-order chi connectivity index (χ0) is 36.5. The van der Waals surface area contributed by atoms with Crippen molar-refractivity contribution >= 4 is 53.3 Å². The van der Waals surface area contributed by atoms with Gasteiger partial charge in [-0.05, 0) is 117 Å². The molecule has 0 amide bonds. The Morgan fingerprint density at radius 1 is 0.765 bits per heavy atom. The van der Waals surface area contributed by atoms with Gasteiger partial charge < -0.3 is 0 Å². The summed E-state index contributed by atoms with van der Waals surface area (Å²) in [6.45, 7) is 31.4. The van der Waals surface area contributed by atoms with E-state index in [2.05, 4.69) is 150 Å². The predicted octanol–water partition coefficient (Wildman–Crippen LogP) is 12.8. The van der Waals surface area contributed by atoms with Crippen LogP contribution in [0.3, 0.4) is 0 Å². The number of allylic oxidation sites excluding steroid dienone is 10. The summed E-state index contributed by atoms with van der Waals surface area (Å²) in [5, 5.41) is 2.15. The quantitative estimate of drug-likeness (QED) is 0.118. The highest BCUT2D eigenvalue weighted by Gasteiger charge is 2.21. The maximum absolute atomic E-state index is 4.29. The van der Waals surface area contributed by atoms with Gasteiger partial charge in [-0.25, -0.2) is 0 Å². The van der Waals surface area contributed by atoms with Crippen molar-refractivity contribution in [3.05, 3.63) is 203 Å². The summed E-state index contributed by atoms with van der Waals surface area (Å²) in [6.07, 6.45) is 27.3. The van der Waals surface area contributed by atoms with Crippen LogP contribution in [0.1, 0.15) is 64.8 Å². The van der Waals surface area contributed by atoms with Crippen LogP contribution >= 0.6 is 0 Å². The second-order valence-corrected chi connectivity index (χ2v) is 12.5. The van der Waals surface area contributed by atoms with Gasteiger partial charge in [0.25, 0.3) is 0 Å². The Bertz CT molecular complexity index is 2370. The van der Waals surface area contributed by atoms with E-state index < -0.39 is 0 Å². The minimum atomic E-state index is 0.814. The molecule has 250 valence electrons. The van der Waals surface area contributed by atoms with Crippen molar-refractivity contribution < 1.29 is 0 Å². The lowest BCUT2D eigenvalue weighted by Gasteiger charge is -2.21. The Morgan fingerprint density at radius 3 is 2.08 bits per heavy atom. The summed E-state index contributed by atoms with van der Waals surface area (Å²) < 4.78 is 0. The number of rotatable bonds is 14. The number of benzene rings is 4. The summed E-state index contributed by atoms with van der Waals surface area (Å²) >= 11 is 0. The van der Waals surface area contributed by atoms with Crippen LogP contribution < -0.4 is 10.4 Å². The minimum Gasteiger partial charge on any atom is -0.112 e. The molecule has 4 aromatic carbocycles. The first-order chi connectivity index (χ1) is 24.8. The van der Waals surface area contributed by atoms with Crippen molar-refractivity contribution in [2.75, 3.05) is 0 Å². The highest BCUT2D eigenvalue weighted by molar-refractivity contribution is 5.96. The van der Waals surface area contributed by atoms with Crippen molar-refractivity contribution in [2.24, 2.45) is 0 Å². The summed E-state index contributed by atoms with van der Waals surface area (Å²) in [5.41, 5.74) is 20.0. The Balaban J connectivity index is 1.58. The topological polar surface area (TPSA) is 0 Å². The van der Waals surface area contributed by atoms with E-state index in [4.69, 9.17) is 0 Å². The molecule has 0 radical (unpaired) electrons. The molecule has 0 spiro atoms. The third-order valence-electron chi connectivity index (χ3n) is 9.29. The highest BCUT2D eigenvalue weighted by Crippen LogP contribution is 2.37. The van der Waals surface area contributed by atoms with Gasteiger partial charge >= 0.3 is 0 Å². The molecule has 0 heteroatoms. The third-order valence-corrected chi connectivity index (χ3v) is 9.29. The maximum Gasteiger partial charge on any atom is 0.0328 e. The molecule has 0 atom stereocenters. The fourth-order valence-electron chi connectivity index (χ4n) is 6.98. The molecule has 0 bridgehead atoms. The molecule has 51 heavy (non-hydrogen) atoms. The van der Waals surface area contributed by atoms with E-state index in [0.29, 0.717) is 0 Å². The van der Waals surface area contributed by atoms with E-state index in [9.17, 15) is 0 Å². The van der Waals surface area contributed by atoms with Crippen LogP contribution in [0.25, 0.3) is 75.6 Å². The summed E-state index contributed by atoms with van der Waals surface area (Å²) in [7, 11) is 0. The average molecular weight is 659 g/mol. The number of hydrogen-bond donors (Lipinski definition) is 0.